The van der Waals surface area contributed by atoms with Gasteiger partial charge >= 0.3 is 5.97 Å². The van der Waals surface area contributed by atoms with E-state index in [1.54, 1.807) is 0 Å². The molecule has 0 saturated heterocycles. The molecule has 0 radical (unpaired) electrons. The van der Waals surface area contributed by atoms with Crippen molar-refractivity contribution >= 4 is 5.97 Å². The predicted molar refractivity (Wildman–Crippen MR) is 36.5 cm³/mol. The lowest BCUT2D eigenvalue weighted by Gasteiger charge is -2.33. The Balaban J connectivity index is 2.18. The molecular formula is C8H9NO2. The lowest BCUT2D eigenvalue weighted by Crippen LogP contribution is -2.36. The summed E-state index contributed by atoms with van der Waals surface area (Å²) in [6, 6.07) is 2.17. The highest BCUT2D eigenvalue weighted by molar-refractivity contribution is 5.77. The van der Waals surface area contributed by atoms with Gasteiger partial charge in [-0.2, -0.15) is 5.26 Å². The molecule has 3 aliphatic carbocycles. The molecule has 1 N–H and O–H groups in total. The van der Waals surface area contributed by atoms with Gasteiger partial charge in [-0.3, -0.25) is 4.79 Å². The third-order valence-corrected chi connectivity index (χ3v) is 3.11. The lowest BCUT2D eigenvalue weighted by atomic mass is 9.69. The minimum absolute atomic E-state index is 0.0195. The number of nitrogens with zero attached hydrogens (tertiary/aromatic N) is 1. The van der Waals surface area contributed by atoms with Gasteiger partial charge in [-0.1, -0.05) is 0 Å². The van der Waals surface area contributed by atoms with Crippen LogP contribution in [0.2, 0.25) is 0 Å². The summed E-state index contributed by atoms with van der Waals surface area (Å²) in [6.45, 7) is 0. The Morgan fingerprint density at radius 1 is 1.55 bits per heavy atom. The first-order valence-electron chi connectivity index (χ1n) is 3.81. The minimum Gasteiger partial charge on any atom is -0.481 e. The van der Waals surface area contributed by atoms with Gasteiger partial charge in [0.05, 0.1) is 17.4 Å². The second-order valence-electron chi connectivity index (χ2n) is 3.69. The molecule has 0 aromatic carbocycles. The molecule has 0 amide bonds. The standard InChI is InChI=1S/C8H9NO2/c9-4-6-3-8(7(10)11)1-5(6)2-8/h5-6H,1-3H2,(H,10,11)/t5?,6-,8?/m1/s1. The molecule has 3 nitrogen and oxygen atoms in total. The van der Waals surface area contributed by atoms with Crippen LogP contribution in [-0.4, -0.2) is 11.1 Å². The summed E-state index contributed by atoms with van der Waals surface area (Å²) < 4.78 is 0. The van der Waals surface area contributed by atoms with Crippen LogP contribution < -0.4 is 0 Å². The summed E-state index contributed by atoms with van der Waals surface area (Å²) in [5.74, 6) is -0.297. The molecule has 0 aromatic rings. The van der Waals surface area contributed by atoms with E-state index in [1.807, 2.05) is 0 Å². The van der Waals surface area contributed by atoms with Gasteiger partial charge in [0.15, 0.2) is 0 Å². The van der Waals surface area contributed by atoms with Gasteiger partial charge in [0.25, 0.3) is 0 Å². The summed E-state index contributed by atoms with van der Waals surface area (Å²) >= 11 is 0. The molecule has 1 atom stereocenters. The van der Waals surface area contributed by atoms with E-state index in [2.05, 4.69) is 6.07 Å². The summed E-state index contributed by atoms with van der Waals surface area (Å²) in [7, 11) is 0. The fraction of sp³-hybridized carbons (Fsp3) is 0.750. The van der Waals surface area contributed by atoms with E-state index in [1.165, 1.54) is 0 Å². The molecule has 0 spiro atoms. The predicted octanol–water partition coefficient (Wildman–Crippen LogP) is 1.01. The first-order chi connectivity index (χ1) is 5.18. The highest BCUT2D eigenvalue weighted by Crippen LogP contribution is 2.61. The fourth-order valence-electron chi connectivity index (χ4n) is 2.40. The number of hydrogen-bond acceptors (Lipinski definition) is 2. The Morgan fingerprint density at radius 2 is 2.18 bits per heavy atom. The third-order valence-electron chi connectivity index (χ3n) is 3.11. The SMILES string of the molecule is N#C[C@H]1CC2(C(=O)O)CC1C2. The van der Waals surface area contributed by atoms with Crippen molar-refractivity contribution in [2.45, 2.75) is 19.3 Å². The Morgan fingerprint density at radius 3 is 2.45 bits per heavy atom. The molecular weight excluding hydrogens is 142 g/mol. The average Bonchev–Trinajstić information content (AvgIpc) is 2.37. The van der Waals surface area contributed by atoms with E-state index >= 15 is 0 Å². The second kappa shape index (κ2) is 1.76. The van der Waals surface area contributed by atoms with Crippen LogP contribution >= 0.6 is 0 Å². The number of carbonyl (C=O) groups is 1. The highest BCUT2D eigenvalue weighted by Gasteiger charge is 2.60. The number of hydrogen-bond donors (Lipinski definition) is 1. The van der Waals surface area contributed by atoms with Gasteiger partial charge in [-0.05, 0) is 25.2 Å². The quantitative estimate of drug-likeness (QED) is 0.608. The Kier molecular flexibility index (Phi) is 1.07. The van der Waals surface area contributed by atoms with Crippen molar-refractivity contribution in [1.29, 1.82) is 5.26 Å². The number of rotatable bonds is 1. The number of aliphatic carboxylic acids is 1. The molecule has 3 aliphatic rings. The Labute approximate surface area is 64.6 Å². The van der Waals surface area contributed by atoms with Gasteiger partial charge < -0.3 is 5.11 Å². The summed E-state index contributed by atoms with van der Waals surface area (Å²) in [6.07, 6.45) is 2.06. The summed E-state index contributed by atoms with van der Waals surface area (Å²) in [4.78, 5) is 10.7. The number of nitriles is 1. The van der Waals surface area contributed by atoms with E-state index in [9.17, 15) is 4.79 Å². The maximum absolute atomic E-state index is 10.7. The van der Waals surface area contributed by atoms with Crippen molar-refractivity contribution in [3.63, 3.8) is 0 Å². The van der Waals surface area contributed by atoms with Gasteiger partial charge in [-0.15, -0.1) is 0 Å². The van der Waals surface area contributed by atoms with Crippen LogP contribution in [0.1, 0.15) is 19.3 Å². The first kappa shape index (κ1) is 6.66. The van der Waals surface area contributed by atoms with Crippen LogP contribution in [0.3, 0.4) is 0 Å². The maximum atomic E-state index is 10.7. The highest BCUT2D eigenvalue weighted by atomic mass is 16.4. The number of fused-ring (bicyclic) bond motifs is 1. The molecule has 11 heavy (non-hydrogen) atoms. The van der Waals surface area contributed by atoms with Gasteiger partial charge in [-0.25, -0.2) is 0 Å². The smallest absolute Gasteiger partial charge is 0.309 e. The molecule has 0 aliphatic heterocycles. The van der Waals surface area contributed by atoms with Crippen molar-refractivity contribution < 1.29 is 9.90 Å². The van der Waals surface area contributed by atoms with Gasteiger partial charge in [0.1, 0.15) is 0 Å². The fourth-order valence-corrected chi connectivity index (χ4v) is 2.40. The van der Waals surface area contributed by atoms with Crippen molar-refractivity contribution in [2.75, 3.05) is 0 Å². The molecule has 0 heterocycles. The molecule has 2 bridgehead atoms. The first-order valence-corrected chi connectivity index (χ1v) is 3.81. The summed E-state index contributed by atoms with van der Waals surface area (Å²) in [5, 5.41) is 17.4. The van der Waals surface area contributed by atoms with E-state index in [-0.39, 0.29) is 5.92 Å². The monoisotopic (exact) mass is 151 g/mol. The number of carboxylic acids is 1. The molecule has 3 saturated carbocycles. The van der Waals surface area contributed by atoms with Crippen molar-refractivity contribution in [3.8, 4) is 6.07 Å². The zero-order chi connectivity index (χ0) is 8.06. The normalized spacial score (nSPS) is 46.1. The van der Waals surface area contributed by atoms with Crippen LogP contribution in [-0.2, 0) is 4.79 Å². The Hall–Kier alpha value is -1.04. The average molecular weight is 151 g/mol. The van der Waals surface area contributed by atoms with E-state index in [4.69, 9.17) is 10.4 Å². The van der Waals surface area contributed by atoms with Crippen LogP contribution in [0.25, 0.3) is 0 Å². The minimum atomic E-state index is -0.702. The zero-order valence-corrected chi connectivity index (χ0v) is 6.08. The maximum Gasteiger partial charge on any atom is 0.309 e. The van der Waals surface area contributed by atoms with E-state index in [0.717, 1.165) is 12.8 Å². The molecule has 3 fully saturated rings. The van der Waals surface area contributed by atoms with Gasteiger partial charge in [0, 0.05) is 0 Å². The van der Waals surface area contributed by atoms with Crippen LogP contribution in [0.15, 0.2) is 0 Å². The molecule has 0 unspecified atom stereocenters. The van der Waals surface area contributed by atoms with Gasteiger partial charge in [0.2, 0.25) is 0 Å². The van der Waals surface area contributed by atoms with Crippen molar-refractivity contribution in [2.24, 2.45) is 17.3 Å². The molecule has 3 heteroatoms. The third kappa shape index (κ3) is 0.644. The lowest BCUT2D eigenvalue weighted by molar-refractivity contribution is -0.153. The Bertz CT molecular complexity index is 247. The number of carboxylic acid groups (broad SMARTS) is 1. The van der Waals surface area contributed by atoms with Crippen molar-refractivity contribution in [1.82, 2.24) is 0 Å². The summed E-state index contributed by atoms with van der Waals surface area (Å²) in [5.41, 5.74) is -0.495. The van der Waals surface area contributed by atoms with Crippen LogP contribution in [0, 0.1) is 28.6 Å². The van der Waals surface area contributed by atoms with Crippen molar-refractivity contribution in [3.05, 3.63) is 0 Å². The molecule has 0 aromatic heterocycles. The van der Waals surface area contributed by atoms with Crippen LogP contribution in [0.4, 0.5) is 0 Å². The van der Waals surface area contributed by atoms with E-state index < -0.39 is 11.4 Å². The second-order valence-corrected chi connectivity index (χ2v) is 3.69. The zero-order valence-electron chi connectivity index (χ0n) is 6.08. The van der Waals surface area contributed by atoms with Crippen LogP contribution in [0.5, 0.6) is 0 Å². The van der Waals surface area contributed by atoms with E-state index in [0.29, 0.717) is 12.3 Å². The molecule has 3 rings (SSSR count). The molecule has 58 valence electrons. The topological polar surface area (TPSA) is 61.1 Å². The largest absolute Gasteiger partial charge is 0.481 e.